The number of ketones is 1. The number of benzene rings is 3. The van der Waals surface area contributed by atoms with Gasteiger partial charge in [-0.1, -0.05) is 35.3 Å². The molecule has 4 aromatic rings. The summed E-state index contributed by atoms with van der Waals surface area (Å²) in [6.45, 7) is 5.14. The maximum atomic E-state index is 13.1. The number of halogens is 2. The quantitative estimate of drug-likeness (QED) is 0.214. The number of Topliss-reactive ketones (excluding diaryl/α,β-unsaturated/α-hetero) is 1. The van der Waals surface area contributed by atoms with Gasteiger partial charge < -0.3 is 24.4 Å². The monoisotopic (exact) mass is 592 g/mol. The molecule has 1 aromatic heterocycles. The predicted octanol–water partition coefficient (Wildman–Crippen LogP) is 6.83. The van der Waals surface area contributed by atoms with Crippen molar-refractivity contribution in [1.82, 2.24) is 9.97 Å². The number of hydrogen-bond acceptors (Lipinski definition) is 8. The molecule has 1 fully saturated rings. The molecule has 0 bridgehead atoms. The SMILES string of the molecule is COc1cc(C)ccc1Oc1nc(Nc2ccc(N3CCOCC3)cc2)ncc1CC(=O)Cc1c(Cl)cccc1Cl. The van der Waals surface area contributed by atoms with E-state index < -0.39 is 0 Å². The van der Waals surface area contributed by atoms with E-state index in [9.17, 15) is 4.79 Å². The first-order valence-electron chi connectivity index (χ1n) is 13.2. The molecule has 0 aliphatic carbocycles. The number of morpholine rings is 1. The summed E-state index contributed by atoms with van der Waals surface area (Å²) in [4.78, 5) is 24.5. The molecular weight excluding hydrogens is 563 g/mol. The lowest BCUT2D eigenvalue weighted by Gasteiger charge is -2.28. The van der Waals surface area contributed by atoms with Crippen molar-refractivity contribution in [3.8, 4) is 17.4 Å². The fourth-order valence-corrected chi connectivity index (χ4v) is 5.03. The molecule has 41 heavy (non-hydrogen) atoms. The summed E-state index contributed by atoms with van der Waals surface area (Å²) in [6.07, 6.45) is 1.69. The van der Waals surface area contributed by atoms with Crippen molar-refractivity contribution in [2.75, 3.05) is 43.6 Å². The summed E-state index contributed by atoms with van der Waals surface area (Å²) in [7, 11) is 1.58. The molecule has 1 aliphatic rings. The van der Waals surface area contributed by atoms with E-state index in [1.165, 1.54) is 0 Å². The minimum absolute atomic E-state index is 0.0274. The Morgan fingerprint density at radius 1 is 1.00 bits per heavy atom. The Bertz CT molecular complexity index is 1510. The second kappa shape index (κ2) is 13.2. The highest BCUT2D eigenvalue weighted by molar-refractivity contribution is 6.36. The third-order valence-corrected chi connectivity index (χ3v) is 7.38. The molecule has 0 atom stereocenters. The smallest absolute Gasteiger partial charge is 0.230 e. The van der Waals surface area contributed by atoms with Gasteiger partial charge in [0.25, 0.3) is 0 Å². The lowest BCUT2D eigenvalue weighted by Crippen LogP contribution is -2.36. The van der Waals surface area contributed by atoms with Crippen molar-refractivity contribution < 1.29 is 19.0 Å². The third-order valence-electron chi connectivity index (χ3n) is 6.67. The molecule has 0 amide bonds. The van der Waals surface area contributed by atoms with Crippen LogP contribution in [0.5, 0.6) is 17.4 Å². The van der Waals surface area contributed by atoms with Gasteiger partial charge in [0.2, 0.25) is 11.8 Å². The molecule has 1 N–H and O–H groups in total. The minimum atomic E-state index is -0.108. The molecule has 10 heteroatoms. The molecule has 212 valence electrons. The van der Waals surface area contributed by atoms with Crippen LogP contribution in [0.25, 0.3) is 0 Å². The van der Waals surface area contributed by atoms with Gasteiger partial charge in [-0.25, -0.2) is 4.98 Å². The van der Waals surface area contributed by atoms with Crippen LogP contribution in [0.2, 0.25) is 10.0 Å². The molecule has 0 unspecified atom stereocenters. The van der Waals surface area contributed by atoms with Crippen molar-refractivity contribution in [2.24, 2.45) is 0 Å². The van der Waals surface area contributed by atoms with E-state index >= 15 is 0 Å². The van der Waals surface area contributed by atoms with E-state index in [0.717, 1.165) is 43.2 Å². The highest BCUT2D eigenvalue weighted by Gasteiger charge is 2.18. The van der Waals surface area contributed by atoms with Gasteiger partial charge in [0.15, 0.2) is 11.5 Å². The fourth-order valence-electron chi connectivity index (χ4n) is 4.50. The summed E-state index contributed by atoms with van der Waals surface area (Å²) >= 11 is 12.6. The number of aryl methyl sites for hydroxylation is 1. The van der Waals surface area contributed by atoms with Crippen molar-refractivity contribution in [3.63, 3.8) is 0 Å². The number of hydrogen-bond donors (Lipinski definition) is 1. The number of aromatic nitrogens is 2. The molecular formula is C31H30Cl2N4O4. The first-order valence-corrected chi connectivity index (χ1v) is 14.0. The Morgan fingerprint density at radius 2 is 1.73 bits per heavy atom. The van der Waals surface area contributed by atoms with Gasteiger partial charge in [0.05, 0.1) is 20.3 Å². The lowest BCUT2D eigenvalue weighted by atomic mass is 10.0. The van der Waals surface area contributed by atoms with Gasteiger partial charge in [-0.05, 0) is 66.6 Å². The average Bonchev–Trinajstić information content (AvgIpc) is 2.98. The van der Waals surface area contributed by atoms with E-state index in [1.54, 1.807) is 31.5 Å². The van der Waals surface area contributed by atoms with Crippen molar-refractivity contribution in [2.45, 2.75) is 19.8 Å². The van der Waals surface area contributed by atoms with Gasteiger partial charge in [-0.15, -0.1) is 0 Å². The largest absolute Gasteiger partial charge is 0.493 e. The van der Waals surface area contributed by atoms with Crippen LogP contribution >= 0.6 is 23.2 Å². The van der Waals surface area contributed by atoms with E-state index in [-0.39, 0.29) is 24.5 Å². The second-order valence-corrected chi connectivity index (χ2v) is 10.5. The number of nitrogens with one attached hydrogen (secondary N) is 1. The Labute approximate surface area is 249 Å². The van der Waals surface area contributed by atoms with Crippen LogP contribution in [0, 0.1) is 6.92 Å². The molecule has 1 aliphatic heterocycles. The first-order chi connectivity index (χ1) is 19.9. The lowest BCUT2D eigenvalue weighted by molar-refractivity contribution is -0.117. The molecule has 0 saturated carbocycles. The Morgan fingerprint density at radius 3 is 2.44 bits per heavy atom. The van der Waals surface area contributed by atoms with Crippen LogP contribution in [0.15, 0.2) is 66.9 Å². The Kier molecular flexibility index (Phi) is 9.24. The van der Waals surface area contributed by atoms with Gasteiger partial charge >= 0.3 is 0 Å². The van der Waals surface area contributed by atoms with Crippen LogP contribution in [0.1, 0.15) is 16.7 Å². The van der Waals surface area contributed by atoms with Crippen LogP contribution in [0.3, 0.4) is 0 Å². The normalized spacial score (nSPS) is 13.1. The highest BCUT2D eigenvalue weighted by Crippen LogP contribution is 2.34. The van der Waals surface area contributed by atoms with Crippen LogP contribution in [0.4, 0.5) is 17.3 Å². The maximum Gasteiger partial charge on any atom is 0.230 e. The fraction of sp³-hybridized carbons (Fsp3) is 0.258. The van der Waals surface area contributed by atoms with Crippen molar-refractivity contribution >= 4 is 46.3 Å². The zero-order valence-corrected chi connectivity index (χ0v) is 24.3. The maximum absolute atomic E-state index is 13.1. The van der Waals surface area contributed by atoms with E-state index in [0.29, 0.717) is 38.6 Å². The second-order valence-electron chi connectivity index (χ2n) is 9.64. The number of nitrogens with zero attached hydrogens (tertiary/aromatic N) is 3. The minimum Gasteiger partial charge on any atom is -0.493 e. The first kappa shape index (κ1) is 28.7. The summed E-state index contributed by atoms with van der Waals surface area (Å²) in [5, 5.41) is 4.13. The Balaban J connectivity index is 1.39. The number of anilines is 3. The summed E-state index contributed by atoms with van der Waals surface area (Å²) in [5.41, 5.74) is 4.07. The van der Waals surface area contributed by atoms with E-state index in [1.807, 2.05) is 37.3 Å². The van der Waals surface area contributed by atoms with Gasteiger partial charge in [-0.3, -0.25) is 4.79 Å². The zero-order valence-electron chi connectivity index (χ0n) is 22.8. The average molecular weight is 594 g/mol. The topological polar surface area (TPSA) is 85.8 Å². The molecule has 3 aromatic carbocycles. The summed E-state index contributed by atoms with van der Waals surface area (Å²) in [5.74, 6) is 1.49. The molecule has 5 rings (SSSR count). The number of carbonyl (C=O) groups is 1. The van der Waals surface area contributed by atoms with Crippen LogP contribution in [-0.2, 0) is 22.4 Å². The number of rotatable bonds is 10. The highest BCUT2D eigenvalue weighted by atomic mass is 35.5. The van der Waals surface area contributed by atoms with Crippen LogP contribution in [-0.4, -0.2) is 49.2 Å². The number of methoxy groups -OCH3 is 1. The standard InChI is InChI=1S/C31H30Cl2N4O4/c1-20-6-11-28(29(16-20)39-2)41-30-21(17-24(38)18-25-26(32)4-3-5-27(25)33)19-34-31(36-30)35-22-7-9-23(10-8-22)37-12-14-40-15-13-37/h3-11,16,19H,12-15,17-18H2,1-2H3,(H,34,35,36). The number of carbonyl (C=O) groups excluding carboxylic acids is 1. The van der Waals surface area contributed by atoms with Crippen molar-refractivity contribution in [1.29, 1.82) is 0 Å². The van der Waals surface area contributed by atoms with Gasteiger partial charge in [-0.2, -0.15) is 4.98 Å². The summed E-state index contributed by atoms with van der Waals surface area (Å²) < 4.78 is 17.2. The van der Waals surface area contributed by atoms with E-state index in [2.05, 4.69) is 32.3 Å². The third kappa shape index (κ3) is 7.27. The van der Waals surface area contributed by atoms with Crippen molar-refractivity contribution in [3.05, 3.63) is 93.6 Å². The molecule has 2 heterocycles. The van der Waals surface area contributed by atoms with Gasteiger partial charge in [0.1, 0.15) is 5.78 Å². The predicted molar refractivity (Wildman–Crippen MR) is 161 cm³/mol. The van der Waals surface area contributed by atoms with E-state index in [4.69, 9.17) is 37.4 Å². The summed E-state index contributed by atoms with van der Waals surface area (Å²) in [6, 6.07) is 18.8. The molecule has 8 nitrogen and oxygen atoms in total. The molecule has 1 saturated heterocycles. The van der Waals surface area contributed by atoms with Crippen LogP contribution < -0.4 is 19.7 Å². The molecule has 0 radical (unpaired) electrons. The molecule has 0 spiro atoms. The number of ether oxygens (including phenoxy) is 3. The van der Waals surface area contributed by atoms with Gasteiger partial charge in [0, 0.05) is 59.1 Å². The Hall–Kier alpha value is -3.85. The zero-order chi connectivity index (χ0) is 28.8.